The van der Waals surface area contributed by atoms with Gasteiger partial charge in [-0.15, -0.1) is 0 Å². The van der Waals surface area contributed by atoms with Crippen LogP contribution in [0.3, 0.4) is 0 Å². The van der Waals surface area contributed by atoms with E-state index in [2.05, 4.69) is 15.3 Å². The molecule has 20 heavy (non-hydrogen) atoms. The molecule has 0 spiro atoms. The van der Waals surface area contributed by atoms with Gasteiger partial charge in [0.15, 0.2) is 5.78 Å². The first-order chi connectivity index (χ1) is 9.43. The Kier molecular flexibility index (Phi) is 6.33. The van der Waals surface area contributed by atoms with Gasteiger partial charge < -0.3 is 15.2 Å². The highest BCUT2D eigenvalue weighted by atomic mass is 16.4. The van der Waals surface area contributed by atoms with E-state index >= 15 is 0 Å². The van der Waals surface area contributed by atoms with Crippen molar-refractivity contribution in [2.45, 2.75) is 38.8 Å². The van der Waals surface area contributed by atoms with E-state index in [0.29, 0.717) is 12.1 Å². The molecule has 0 radical (unpaired) electrons. The molecule has 2 atom stereocenters. The number of hydrogen-bond donors (Lipinski definition) is 4. The molecule has 0 fully saturated rings. The lowest BCUT2D eigenvalue weighted by Gasteiger charge is -2.22. The molecule has 4 N–H and O–H groups in total. The van der Waals surface area contributed by atoms with Gasteiger partial charge in [-0.3, -0.25) is 14.9 Å². The zero-order valence-electron chi connectivity index (χ0n) is 11.7. The van der Waals surface area contributed by atoms with Crippen molar-refractivity contribution in [3.05, 3.63) is 18.2 Å². The predicted molar refractivity (Wildman–Crippen MR) is 72.2 cm³/mol. The largest absolute Gasteiger partial charge is 0.480 e. The second kappa shape index (κ2) is 7.76. The van der Waals surface area contributed by atoms with Gasteiger partial charge in [-0.05, 0) is 12.3 Å². The van der Waals surface area contributed by atoms with Gasteiger partial charge in [-0.2, -0.15) is 0 Å². The van der Waals surface area contributed by atoms with Gasteiger partial charge in [0.2, 0.25) is 0 Å². The van der Waals surface area contributed by atoms with Crippen molar-refractivity contribution < 1.29 is 19.8 Å². The number of aromatic amines is 1. The van der Waals surface area contributed by atoms with E-state index in [1.807, 2.05) is 13.8 Å². The fourth-order valence-corrected chi connectivity index (χ4v) is 1.95. The van der Waals surface area contributed by atoms with Gasteiger partial charge in [-0.1, -0.05) is 13.8 Å². The number of carboxylic acid groups (broad SMARTS) is 1. The van der Waals surface area contributed by atoms with E-state index in [1.54, 1.807) is 6.20 Å². The van der Waals surface area contributed by atoms with Crippen molar-refractivity contribution >= 4 is 11.8 Å². The van der Waals surface area contributed by atoms with Gasteiger partial charge in [-0.25, -0.2) is 4.98 Å². The van der Waals surface area contributed by atoms with Gasteiger partial charge in [0.1, 0.15) is 12.6 Å². The summed E-state index contributed by atoms with van der Waals surface area (Å²) in [6, 6.07) is -1.57. The molecule has 0 bridgehead atoms. The van der Waals surface area contributed by atoms with Crippen LogP contribution in [-0.4, -0.2) is 50.6 Å². The number of hydrogen-bond acceptors (Lipinski definition) is 5. The SMILES string of the molecule is CC(C)CC(N[C@@H](Cc1cnc[nH]1)C(=O)CO)C(=O)O. The predicted octanol–water partition coefficient (Wildman–Crippen LogP) is -0.0289. The molecule has 7 heteroatoms. The standard InChI is InChI=1S/C13H21N3O4/c1-8(2)3-11(13(19)20)16-10(12(18)6-17)4-9-5-14-7-15-9/h5,7-8,10-11,16-17H,3-4,6H2,1-2H3,(H,14,15)(H,19,20)/t10-,11?/m0/s1. The highest BCUT2D eigenvalue weighted by Gasteiger charge is 2.26. The molecule has 0 aromatic carbocycles. The van der Waals surface area contributed by atoms with E-state index in [0.717, 1.165) is 0 Å². The second-order valence-electron chi connectivity index (χ2n) is 5.15. The minimum atomic E-state index is -1.00. The average Bonchev–Trinajstić information content (AvgIpc) is 2.88. The number of H-pyrrole nitrogens is 1. The molecule has 1 unspecified atom stereocenters. The van der Waals surface area contributed by atoms with Crippen molar-refractivity contribution in [1.29, 1.82) is 0 Å². The number of aliphatic hydroxyl groups excluding tert-OH is 1. The topological polar surface area (TPSA) is 115 Å². The van der Waals surface area contributed by atoms with E-state index in [1.165, 1.54) is 6.33 Å². The van der Waals surface area contributed by atoms with Crippen LogP contribution in [0.4, 0.5) is 0 Å². The molecule has 0 aliphatic carbocycles. The quantitative estimate of drug-likeness (QED) is 0.506. The molecule has 0 aliphatic rings. The van der Waals surface area contributed by atoms with Crippen molar-refractivity contribution in [2.75, 3.05) is 6.61 Å². The fourth-order valence-electron chi connectivity index (χ4n) is 1.95. The van der Waals surface area contributed by atoms with Gasteiger partial charge in [0.05, 0.1) is 12.4 Å². The van der Waals surface area contributed by atoms with Crippen LogP contribution >= 0.6 is 0 Å². The first kappa shape index (κ1) is 16.3. The normalized spacial score (nSPS) is 14.2. The molecule has 0 aliphatic heterocycles. The Hall–Kier alpha value is -1.73. The Labute approximate surface area is 117 Å². The number of aliphatic carboxylic acids is 1. The van der Waals surface area contributed by atoms with Crippen LogP contribution < -0.4 is 5.32 Å². The van der Waals surface area contributed by atoms with Crippen molar-refractivity contribution in [3.63, 3.8) is 0 Å². The summed E-state index contributed by atoms with van der Waals surface area (Å²) in [5, 5.41) is 21.0. The Balaban J connectivity index is 2.76. The maximum Gasteiger partial charge on any atom is 0.320 e. The Morgan fingerprint density at radius 1 is 1.40 bits per heavy atom. The summed E-state index contributed by atoms with van der Waals surface area (Å²) in [4.78, 5) is 29.7. The second-order valence-corrected chi connectivity index (χ2v) is 5.15. The van der Waals surface area contributed by atoms with Crippen LogP contribution in [0, 0.1) is 5.92 Å². The summed E-state index contributed by atoms with van der Waals surface area (Å²) >= 11 is 0. The van der Waals surface area contributed by atoms with Crippen LogP contribution in [0.1, 0.15) is 26.0 Å². The number of carbonyl (C=O) groups is 2. The number of aliphatic hydroxyl groups is 1. The van der Waals surface area contributed by atoms with Crippen LogP contribution in [0.25, 0.3) is 0 Å². The third-order valence-electron chi connectivity index (χ3n) is 2.93. The highest BCUT2D eigenvalue weighted by molar-refractivity contribution is 5.86. The number of rotatable bonds is 9. The maximum absolute atomic E-state index is 11.7. The maximum atomic E-state index is 11.7. The molecule has 0 saturated heterocycles. The monoisotopic (exact) mass is 283 g/mol. The molecular weight excluding hydrogens is 262 g/mol. The first-order valence-electron chi connectivity index (χ1n) is 6.53. The summed E-state index contributed by atoms with van der Waals surface area (Å²) in [7, 11) is 0. The van der Waals surface area contributed by atoms with Crippen molar-refractivity contribution in [3.8, 4) is 0 Å². The third-order valence-corrected chi connectivity index (χ3v) is 2.93. The Morgan fingerprint density at radius 3 is 2.55 bits per heavy atom. The first-order valence-corrected chi connectivity index (χ1v) is 6.53. The number of carboxylic acids is 1. The zero-order chi connectivity index (χ0) is 15.1. The smallest absolute Gasteiger partial charge is 0.320 e. The molecule has 0 amide bonds. The molecule has 1 heterocycles. The van der Waals surface area contributed by atoms with Gasteiger partial charge >= 0.3 is 5.97 Å². The van der Waals surface area contributed by atoms with Crippen molar-refractivity contribution in [2.24, 2.45) is 5.92 Å². The summed E-state index contributed by atoms with van der Waals surface area (Å²) in [6.45, 7) is 3.20. The zero-order valence-corrected chi connectivity index (χ0v) is 11.7. The molecule has 112 valence electrons. The van der Waals surface area contributed by atoms with Crippen LogP contribution in [0.15, 0.2) is 12.5 Å². The molecule has 0 saturated carbocycles. The number of aromatic nitrogens is 2. The summed E-state index contributed by atoms with van der Waals surface area (Å²) < 4.78 is 0. The number of imidazole rings is 1. The van der Waals surface area contributed by atoms with Crippen LogP contribution in [0.2, 0.25) is 0 Å². The number of nitrogens with zero attached hydrogens (tertiary/aromatic N) is 1. The van der Waals surface area contributed by atoms with Crippen LogP contribution in [0.5, 0.6) is 0 Å². The molecular formula is C13H21N3O4. The van der Waals surface area contributed by atoms with E-state index in [4.69, 9.17) is 5.11 Å². The molecule has 1 rings (SSSR count). The fraction of sp³-hybridized carbons (Fsp3) is 0.615. The Morgan fingerprint density at radius 2 is 2.10 bits per heavy atom. The summed E-state index contributed by atoms with van der Waals surface area (Å²) in [5.74, 6) is -1.26. The van der Waals surface area contributed by atoms with Crippen molar-refractivity contribution in [1.82, 2.24) is 15.3 Å². The average molecular weight is 283 g/mol. The van der Waals surface area contributed by atoms with E-state index < -0.39 is 30.4 Å². The molecule has 7 nitrogen and oxygen atoms in total. The number of nitrogens with one attached hydrogen (secondary N) is 2. The van der Waals surface area contributed by atoms with Gasteiger partial charge in [0.25, 0.3) is 0 Å². The van der Waals surface area contributed by atoms with E-state index in [9.17, 15) is 14.7 Å². The Bertz CT molecular complexity index is 431. The van der Waals surface area contributed by atoms with Crippen LogP contribution in [-0.2, 0) is 16.0 Å². The number of Topliss-reactive ketones (excluding diaryl/α,β-unsaturated/α-hetero) is 1. The third kappa shape index (κ3) is 5.10. The lowest BCUT2D eigenvalue weighted by molar-refractivity contribution is -0.140. The molecule has 1 aromatic rings. The summed E-state index contributed by atoms with van der Waals surface area (Å²) in [5.41, 5.74) is 0.706. The number of carbonyl (C=O) groups excluding carboxylic acids is 1. The highest BCUT2D eigenvalue weighted by Crippen LogP contribution is 2.08. The lowest BCUT2D eigenvalue weighted by Crippen LogP contribution is -2.49. The number of ketones is 1. The lowest BCUT2D eigenvalue weighted by atomic mass is 10.0. The minimum absolute atomic E-state index is 0.181. The minimum Gasteiger partial charge on any atom is -0.480 e. The summed E-state index contributed by atoms with van der Waals surface area (Å²) in [6.07, 6.45) is 3.73. The van der Waals surface area contributed by atoms with Gasteiger partial charge in [0, 0.05) is 18.3 Å². The van der Waals surface area contributed by atoms with E-state index in [-0.39, 0.29) is 12.3 Å². The molecule has 1 aromatic heterocycles.